The van der Waals surface area contributed by atoms with Crippen LogP contribution in [0.5, 0.6) is 0 Å². The van der Waals surface area contributed by atoms with Crippen LogP contribution in [0.2, 0.25) is 0 Å². The van der Waals surface area contributed by atoms with E-state index in [9.17, 15) is 4.79 Å². The summed E-state index contributed by atoms with van der Waals surface area (Å²) in [7, 11) is 0. The second kappa shape index (κ2) is 5.67. The van der Waals surface area contributed by atoms with Crippen LogP contribution >= 0.6 is 0 Å². The minimum absolute atomic E-state index is 0.0960. The van der Waals surface area contributed by atoms with Crippen LogP contribution in [0.1, 0.15) is 56.6 Å². The normalized spacial score (nSPS) is 19.3. The van der Waals surface area contributed by atoms with Gasteiger partial charge in [-0.05, 0) is 37.8 Å². The highest BCUT2D eigenvalue weighted by atomic mass is 16.2. The lowest BCUT2D eigenvalue weighted by atomic mass is 9.86. The zero-order valence-corrected chi connectivity index (χ0v) is 12.7. The maximum absolute atomic E-state index is 11.8. The fourth-order valence-electron chi connectivity index (χ4n) is 3.32. The quantitative estimate of drug-likeness (QED) is 0.930. The van der Waals surface area contributed by atoms with Crippen LogP contribution in [0.3, 0.4) is 0 Å². The number of nitrogens with zero attached hydrogens (tertiary/aromatic N) is 2. The molecule has 4 heteroatoms. The molecule has 1 amide bonds. The molecule has 0 aromatic carbocycles. The predicted octanol–water partition coefficient (Wildman–Crippen LogP) is 4.03. The number of anilines is 1. The van der Waals surface area contributed by atoms with E-state index in [4.69, 9.17) is 0 Å². The van der Waals surface area contributed by atoms with Crippen molar-refractivity contribution in [3.8, 4) is 0 Å². The number of hydrogen-bond donors (Lipinski definition) is 1. The highest BCUT2D eigenvalue weighted by molar-refractivity contribution is 5.95. The molecule has 0 spiro atoms. The molecule has 22 heavy (non-hydrogen) atoms. The Labute approximate surface area is 130 Å². The summed E-state index contributed by atoms with van der Waals surface area (Å²) in [5, 5.41) is 5.05. The lowest BCUT2D eigenvalue weighted by molar-refractivity contribution is -0.117. The van der Waals surface area contributed by atoms with Crippen molar-refractivity contribution in [2.24, 2.45) is 5.92 Å². The van der Waals surface area contributed by atoms with Gasteiger partial charge in [-0.25, -0.2) is 4.98 Å². The fraction of sp³-hybridized carbons (Fsp3) is 0.500. The average Bonchev–Trinajstić information content (AvgIpc) is 3.40. The number of amides is 1. The molecule has 2 aliphatic rings. The van der Waals surface area contributed by atoms with Crippen LogP contribution in [0.25, 0.3) is 10.8 Å². The summed E-state index contributed by atoms with van der Waals surface area (Å²) in [6, 6.07) is 4.10. The maximum Gasteiger partial charge on any atom is 0.228 e. The van der Waals surface area contributed by atoms with E-state index >= 15 is 0 Å². The molecule has 2 heterocycles. The molecule has 0 atom stereocenters. The summed E-state index contributed by atoms with van der Waals surface area (Å²) in [4.78, 5) is 20.8. The highest BCUT2D eigenvalue weighted by Crippen LogP contribution is 2.33. The molecule has 0 unspecified atom stereocenters. The van der Waals surface area contributed by atoms with Crippen LogP contribution in [0.15, 0.2) is 24.5 Å². The Morgan fingerprint density at radius 1 is 0.955 bits per heavy atom. The number of pyridine rings is 2. The van der Waals surface area contributed by atoms with E-state index in [0.29, 0.717) is 11.7 Å². The van der Waals surface area contributed by atoms with Gasteiger partial charge in [-0.1, -0.05) is 19.3 Å². The van der Waals surface area contributed by atoms with Crippen LogP contribution in [-0.4, -0.2) is 15.9 Å². The Balaban J connectivity index is 1.56. The molecule has 2 fully saturated rings. The third kappa shape index (κ3) is 2.82. The Hall–Kier alpha value is -1.97. The van der Waals surface area contributed by atoms with E-state index in [1.54, 1.807) is 0 Å². The van der Waals surface area contributed by atoms with Gasteiger partial charge in [-0.2, -0.15) is 0 Å². The van der Waals surface area contributed by atoms with Crippen molar-refractivity contribution in [1.82, 2.24) is 9.97 Å². The van der Waals surface area contributed by atoms with Crippen LogP contribution in [0, 0.1) is 5.92 Å². The van der Waals surface area contributed by atoms with Gasteiger partial charge in [0.1, 0.15) is 5.82 Å². The summed E-state index contributed by atoms with van der Waals surface area (Å²) in [6.07, 6.45) is 12.3. The van der Waals surface area contributed by atoms with Crippen molar-refractivity contribution in [2.75, 3.05) is 5.32 Å². The number of aromatic nitrogens is 2. The van der Waals surface area contributed by atoms with Gasteiger partial charge in [-0.3, -0.25) is 9.78 Å². The number of fused-ring (bicyclic) bond motifs is 1. The number of carbonyl (C=O) groups is 1. The number of nitrogens with one attached hydrogen (secondary N) is 1. The first-order chi connectivity index (χ1) is 10.8. The van der Waals surface area contributed by atoms with Gasteiger partial charge < -0.3 is 5.32 Å². The number of carbonyl (C=O) groups excluding carboxylic acids is 1. The Morgan fingerprint density at radius 2 is 1.68 bits per heavy atom. The van der Waals surface area contributed by atoms with E-state index in [0.717, 1.165) is 23.6 Å². The molecule has 0 saturated heterocycles. The lowest BCUT2D eigenvalue weighted by Gasteiger charge is -2.21. The molecule has 0 bridgehead atoms. The topological polar surface area (TPSA) is 54.9 Å². The van der Waals surface area contributed by atoms with Gasteiger partial charge in [0.05, 0.1) is 0 Å². The van der Waals surface area contributed by atoms with Gasteiger partial charge in [0.15, 0.2) is 0 Å². The van der Waals surface area contributed by atoms with Crippen LogP contribution < -0.4 is 5.32 Å². The van der Waals surface area contributed by atoms with E-state index in [1.807, 2.05) is 18.5 Å². The molecule has 2 aromatic heterocycles. The zero-order chi connectivity index (χ0) is 14.9. The fourth-order valence-corrected chi connectivity index (χ4v) is 3.32. The minimum atomic E-state index is 0.0960. The molecule has 2 saturated carbocycles. The van der Waals surface area contributed by atoms with Crippen molar-refractivity contribution in [2.45, 2.75) is 50.9 Å². The van der Waals surface area contributed by atoms with E-state index in [2.05, 4.69) is 21.4 Å². The first-order valence-corrected chi connectivity index (χ1v) is 8.36. The van der Waals surface area contributed by atoms with Gasteiger partial charge in [0.2, 0.25) is 5.91 Å². The monoisotopic (exact) mass is 295 g/mol. The predicted molar refractivity (Wildman–Crippen MR) is 86.7 cm³/mol. The SMILES string of the molecule is O=C(Nc1cc2cnc(C3CCCCC3)cc2cn1)C1CC1. The lowest BCUT2D eigenvalue weighted by Crippen LogP contribution is -2.14. The molecule has 4 rings (SSSR count). The third-order valence-corrected chi connectivity index (χ3v) is 4.85. The molecular weight excluding hydrogens is 274 g/mol. The highest BCUT2D eigenvalue weighted by Gasteiger charge is 2.29. The Bertz CT molecular complexity index is 703. The standard InChI is InChI=1S/C18H21N3O/c22-18(13-6-7-13)21-17-9-15-10-19-16(8-14(15)11-20-17)12-4-2-1-3-5-12/h8-13H,1-7H2,(H,20,21,22). The summed E-state index contributed by atoms with van der Waals surface area (Å²) in [5.41, 5.74) is 1.20. The Kier molecular flexibility index (Phi) is 3.53. The van der Waals surface area contributed by atoms with Crippen molar-refractivity contribution < 1.29 is 4.79 Å². The largest absolute Gasteiger partial charge is 0.310 e. The van der Waals surface area contributed by atoms with Gasteiger partial charge in [0.25, 0.3) is 0 Å². The summed E-state index contributed by atoms with van der Waals surface area (Å²) in [5.74, 6) is 1.53. The van der Waals surface area contributed by atoms with E-state index in [1.165, 1.54) is 37.8 Å². The third-order valence-electron chi connectivity index (χ3n) is 4.85. The minimum Gasteiger partial charge on any atom is -0.310 e. The average molecular weight is 295 g/mol. The molecule has 0 aliphatic heterocycles. The van der Waals surface area contributed by atoms with Gasteiger partial charge in [0, 0.05) is 40.7 Å². The molecule has 2 aliphatic carbocycles. The number of rotatable bonds is 3. The second-order valence-corrected chi connectivity index (χ2v) is 6.62. The molecule has 114 valence electrons. The zero-order valence-electron chi connectivity index (χ0n) is 12.7. The molecule has 0 radical (unpaired) electrons. The summed E-state index contributed by atoms with van der Waals surface area (Å²) < 4.78 is 0. The Morgan fingerprint density at radius 3 is 2.45 bits per heavy atom. The maximum atomic E-state index is 11.8. The first-order valence-electron chi connectivity index (χ1n) is 8.36. The first kappa shape index (κ1) is 13.7. The smallest absolute Gasteiger partial charge is 0.228 e. The van der Waals surface area contributed by atoms with Crippen LogP contribution in [-0.2, 0) is 4.79 Å². The van der Waals surface area contributed by atoms with Crippen molar-refractivity contribution >= 4 is 22.5 Å². The second-order valence-electron chi connectivity index (χ2n) is 6.62. The molecule has 2 aromatic rings. The summed E-state index contributed by atoms with van der Waals surface area (Å²) in [6.45, 7) is 0. The van der Waals surface area contributed by atoms with Crippen molar-refractivity contribution in [3.05, 3.63) is 30.2 Å². The number of hydrogen-bond acceptors (Lipinski definition) is 3. The van der Waals surface area contributed by atoms with Crippen molar-refractivity contribution in [1.29, 1.82) is 0 Å². The van der Waals surface area contributed by atoms with Gasteiger partial charge in [-0.15, -0.1) is 0 Å². The van der Waals surface area contributed by atoms with E-state index in [-0.39, 0.29) is 11.8 Å². The van der Waals surface area contributed by atoms with Gasteiger partial charge >= 0.3 is 0 Å². The van der Waals surface area contributed by atoms with E-state index < -0.39 is 0 Å². The van der Waals surface area contributed by atoms with Crippen LogP contribution in [0.4, 0.5) is 5.82 Å². The molecule has 1 N–H and O–H groups in total. The molecule has 4 nitrogen and oxygen atoms in total. The molecular formula is C18H21N3O. The summed E-state index contributed by atoms with van der Waals surface area (Å²) >= 11 is 0. The van der Waals surface area contributed by atoms with Crippen molar-refractivity contribution in [3.63, 3.8) is 0 Å².